The van der Waals surface area contributed by atoms with Crippen molar-refractivity contribution in [2.75, 3.05) is 13.7 Å². The normalized spacial score (nSPS) is 18.4. The van der Waals surface area contributed by atoms with E-state index >= 15 is 0 Å². The first-order valence-electron chi connectivity index (χ1n) is 8.49. The van der Waals surface area contributed by atoms with Crippen LogP contribution in [-0.2, 0) is 9.53 Å². The van der Waals surface area contributed by atoms with Crippen LogP contribution in [0, 0.1) is 0 Å². The summed E-state index contributed by atoms with van der Waals surface area (Å²) in [7, 11) is 1.57. The molecule has 140 valence electrons. The summed E-state index contributed by atoms with van der Waals surface area (Å²) in [4.78, 5) is 25.4. The van der Waals surface area contributed by atoms with Crippen LogP contribution in [0.2, 0.25) is 5.02 Å². The summed E-state index contributed by atoms with van der Waals surface area (Å²) in [5.74, 6) is -0.620. The van der Waals surface area contributed by atoms with Crippen molar-refractivity contribution in [3.8, 4) is 5.75 Å². The van der Waals surface area contributed by atoms with Gasteiger partial charge in [-0.3, -0.25) is 10.2 Å². The average molecular weight is 387 g/mol. The van der Waals surface area contributed by atoms with Crippen LogP contribution in [0.25, 0.3) is 0 Å². The van der Waals surface area contributed by atoms with Crippen molar-refractivity contribution in [3.05, 3.63) is 64.7 Å². The molecule has 0 aromatic heterocycles. The van der Waals surface area contributed by atoms with Crippen molar-refractivity contribution in [3.63, 3.8) is 0 Å². The van der Waals surface area contributed by atoms with Gasteiger partial charge in [-0.15, -0.1) is 0 Å². The molecule has 0 saturated heterocycles. The van der Waals surface area contributed by atoms with Crippen molar-refractivity contribution >= 4 is 29.1 Å². The fraction of sp³-hybridized carbons (Fsp3) is 0.250. The molecule has 0 radical (unpaired) electrons. The van der Waals surface area contributed by atoms with Gasteiger partial charge in [-0.1, -0.05) is 23.7 Å². The van der Waals surface area contributed by atoms with E-state index in [9.17, 15) is 9.59 Å². The number of rotatable bonds is 6. The second-order valence-electron chi connectivity index (χ2n) is 5.95. The van der Waals surface area contributed by atoms with Gasteiger partial charge in [0.25, 0.3) is 0 Å². The van der Waals surface area contributed by atoms with E-state index in [-0.39, 0.29) is 18.1 Å². The summed E-state index contributed by atoms with van der Waals surface area (Å²) in [6.07, 6.45) is 0. The highest BCUT2D eigenvalue weighted by atomic mass is 35.5. The second kappa shape index (κ2) is 8.22. The molecule has 2 aromatic rings. The number of carbonyl (C=O) groups is 2. The number of hydrogen-bond acceptors (Lipinski definition) is 6. The van der Waals surface area contributed by atoms with Crippen LogP contribution in [0.5, 0.6) is 5.75 Å². The highest BCUT2D eigenvalue weighted by Gasteiger charge is 2.41. The van der Waals surface area contributed by atoms with Gasteiger partial charge in [-0.25, -0.2) is 4.79 Å². The molecule has 1 N–H and O–H groups in total. The monoisotopic (exact) mass is 386 g/mol. The summed E-state index contributed by atoms with van der Waals surface area (Å²) >= 11 is 5.91. The Morgan fingerprint density at radius 3 is 2.37 bits per heavy atom. The topological polar surface area (TPSA) is 77.0 Å². The number of esters is 1. The highest BCUT2D eigenvalue weighted by molar-refractivity contribution is 6.40. The molecule has 3 rings (SSSR count). The van der Waals surface area contributed by atoms with E-state index in [1.54, 1.807) is 50.4 Å². The fourth-order valence-electron chi connectivity index (χ4n) is 2.98. The Morgan fingerprint density at radius 2 is 1.78 bits per heavy atom. The van der Waals surface area contributed by atoms with Crippen LogP contribution < -0.4 is 10.2 Å². The van der Waals surface area contributed by atoms with E-state index in [2.05, 4.69) is 10.5 Å². The molecule has 1 heterocycles. The van der Waals surface area contributed by atoms with Gasteiger partial charge in [-0.05, 0) is 48.9 Å². The average Bonchev–Trinajstić information content (AvgIpc) is 3.13. The van der Waals surface area contributed by atoms with Gasteiger partial charge in [0, 0.05) is 10.6 Å². The van der Waals surface area contributed by atoms with Crippen molar-refractivity contribution in [2.45, 2.75) is 18.9 Å². The molecule has 2 atom stereocenters. The fourth-order valence-corrected chi connectivity index (χ4v) is 3.11. The lowest BCUT2D eigenvalue weighted by Crippen LogP contribution is -2.37. The molecule has 6 nitrogen and oxygen atoms in total. The highest BCUT2D eigenvalue weighted by Crippen LogP contribution is 2.30. The lowest BCUT2D eigenvalue weighted by atomic mass is 9.84. The first-order valence-corrected chi connectivity index (χ1v) is 8.87. The van der Waals surface area contributed by atoms with E-state index in [1.807, 2.05) is 12.1 Å². The molecule has 7 heteroatoms. The van der Waals surface area contributed by atoms with Crippen molar-refractivity contribution < 1.29 is 19.1 Å². The predicted molar refractivity (Wildman–Crippen MR) is 103 cm³/mol. The lowest BCUT2D eigenvalue weighted by Gasteiger charge is -2.20. The Kier molecular flexibility index (Phi) is 5.76. The number of Topliss-reactive ketones (excluding diaryl/α,β-unsaturated/α-hetero) is 1. The molecule has 1 aliphatic heterocycles. The minimum atomic E-state index is -0.723. The minimum absolute atomic E-state index is 0.175. The number of halogens is 1. The first-order chi connectivity index (χ1) is 13.0. The van der Waals surface area contributed by atoms with Crippen molar-refractivity contribution in [1.82, 2.24) is 5.43 Å². The molecule has 0 saturated carbocycles. The zero-order valence-corrected chi connectivity index (χ0v) is 15.7. The Hall–Kier alpha value is -2.86. The number of ether oxygens (including phenoxy) is 2. The Bertz CT molecular complexity index is 863. The maximum atomic E-state index is 13.0. The summed E-state index contributed by atoms with van der Waals surface area (Å²) in [5.41, 5.74) is 4.23. The minimum Gasteiger partial charge on any atom is -0.497 e. The summed E-state index contributed by atoms with van der Waals surface area (Å²) in [5, 5.41) is 4.66. The zero-order chi connectivity index (χ0) is 19.4. The molecule has 0 unspecified atom stereocenters. The van der Waals surface area contributed by atoms with E-state index in [0.717, 1.165) is 5.56 Å². The maximum Gasteiger partial charge on any atom is 0.355 e. The van der Waals surface area contributed by atoms with Gasteiger partial charge in [-0.2, -0.15) is 5.10 Å². The first kappa shape index (κ1) is 18.9. The standard InChI is InChI=1S/C20H19ClN2O4/c1-3-27-20(25)18-16(12-6-10-15(26-2)11-7-12)17(22-23-18)19(24)13-4-8-14(21)9-5-13/h4-11,16-17,22H,3H2,1-2H3/t16-,17-/m1/s1. The molecular formula is C20H19ClN2O4. The number of methoxy groups -OCH3 is 1. The van der Waals surface area contributed by atoms with Crippen LogP contribution in [0.4, 0.5) is 0 Å². The predicted octanol–water partition coefficient (Wildman–Crippen LogP) is 3.21. The van der Waals surface area contributed by atoms with Crippen LogP contribution in [-0.4, -0.2) is 37.2 Å². The summed E-state index contributed by atoms with van der Waals surface area (Å²) in [6, 6.07) is 13.1. The van der Waals surface area contributed by atoms with Crippen LogP contribution >= 0.6 is 11.6 Å². The molecule has 2 aromatic carbocycles. The quantitative estimate of drug-likeness (QED) is 0.609. The Labute approximate surface area is 162 Å². The number of nitrogens with one attached hydrogen (secondary N) is 1. The number of ketones is 1. The van der Waals surface area contributed by atoms with Gasteiger partial charge in [0.15, 0.2) is 11.5 Å². The van der Waals surface area contributed by atoms with Crippen LogP contribution in [0.15, 0.2) is 53.6 Å². The molecule has 0 aliphatic carbocycles. The molecular weight excluding hydrogens is 368 g/mol. The van der Waals surface area contributed by atoms with Crippen molar-refractivity contribution in [2.24, 2.45) is 5.10 Å². The third-order valence-corrected chi connectivity index (χ3v) is 4.57. The van der Waals surface area contributed by atoms with Gasteiger partial charge in [0.2, 0.25) is 0 Å². The molecule has 0 bridgehead atoms. The second-order valence-corrected chi connectivity index (χ2v) is 6.38. The van der Waals surface area contributed by atoms with E-state index in [1.165, 1.54) is 0 Å². The molecule has 1 aliphatic rings. The maximum absolute atomic E-state index is 13.0. The van der Waals surface area contributed by atoms with Crippen LogP contribution in [0.3, 0.4) is 0 Å². The van der Waals surface area contributed by atoms with Gasteiger partial charge in [0.05, 0.1) is 19.6 Å². The number of hydrogen-bond donors (Lipinski definition) is 1. The van der Waals surface area contributed by atoms with Gasteiger partial charge in [0.1, 0.15) is 11.8 Å². The largest absolute Gasteiger partial charge is 0.497 e. The summed E-state index contributed by atoms with van der Waals surface area (Å²) < 4.78 is 10.3. The van der Waals surface area contributed by atoms with Gasteiger partial charge >= 0.3 is 5.97 Å². The third-order valence-electron chi connectivity index (χ3n) is 4.32. The van der Waals surface area contributed by atoms with Crippen LogP contribution in [0.1, 0.15) is 28.8 Å². The molecule has 0 amide bonds. The number of benzene rings is 2. The SMILES string of the molecule is CCOC(=O)C1=NN[C@@H](C(=O)c2ccc(Cl)cc2)[C@H]1c1ccc(OC)cc1. The molecule has 27 heavy (non-hydrogen) atoms. The Morgan fingerprint density at radius 1 is 1.11 bits per heavy atom. The van der Waals surface area contributed by atoms with E-state index in [0.29, 0.717) is 16.3 Å². The Balaban J connectivity index is 1.95. The number of nitrogens with zero attached hydrogens (tertiary/aromatic N) is 1. The number of carbonyl (C=O) groups excluding carboxylic acids is 2. The molecule has 0 fully saturated rings. The van der Waals surface area contributed by atoms with E-state index in [4.69, 9.17) is 21.1 Å². The zero-order valence-electron chi connectivity index (χ0n) is 14.9. The smallest absolute Gasteiger partial charge is 0.355 e. The van der Waals surface area contributed by atoms with Crippen molar-refractivity contribution in [1.29, 1.82) is 0 Å². The summed E-state index contributed by atoms with van der Waals surface area (Å²) in [6.45, 7) is 1.95. The number of hydrazone groups is 1. The van der Waals surface area contributed by atoms with Gasteiger partial charge < -0.3 is 9.47 Å². The lowest BCUT2D eigenvalue weighted by molar-refractivity contribution is -0.135. The van der Waals surface area contributed by atoms with E-state index < -0.39 is 17.9 Å². The third kappa shape index (κ3) is 3.95. The molecule has 0 spiro atoms.